The summed E-state index contributed by atoms with van der Waals surface area (Å²) in [7, 11) is 0. The molecule has 0 aliphatic heterocycles. The summed E-state index contributed by atoms with van der Waals surface area (Å²) in [6.07, 6.45) is 0. The van der Waals surface area contributed by atoms with Crippen molar-refractivity contribution in [3.63, 3.8) is 0 Å². The van der Waals surface area contributed by atoms with Gasteiger partial charge in [-0.2, -0.15) is 0 Å². The molecule has 0 N–H and O–H groups in total. The Hall–Kier alpha value is -7.08. The van der Waals surface area contributed by atoms with E-state index in [1.807, 2.05) is 35.0 Å². The summed E-state index contributed by atoms with van der Waals surface area (Å²) in [6.45, 7) is 0. The number of fused-ring (bicyclic) bond motifs is 4. The fourth-order valence-electron chi connectivity index (χ4n) is 8.00. The van der Waals surface area contributed by atoms with Crippen LogP contribution in [0.1, 0.15) is 0 Å². The first-order chi connectivity index (χ1) is 30.7. The van der Waals surface area contributed by atoms with Crippen LogP contribution in [0.3, 0.4) is 0 Å². The van der Waals surface area contributed by atoms with Gasteiger partial charge in [-0.3, -0.25) is 0 Å². The third kappa shape index (κ3) is 6.79. The molecule has 0 saturated carbocycles. The van der Waals surface area contributed by atoms with Crippen molar-refractivity contribution in [2.24, 2.45) is 0 Å². The third-order valence-corrected chi connectivity index (χ3v) is 14.4. The average Bonchev–Trinajstić information content (AvgIpc) is 4.19. The van der Waals surface area contributed by atoms with Crippen LogP contribution in [0, 0.1) is 0 Å². The normalized spacial score (nSPS) is 11.5. The average molecular weight is 867 g/mol. The zero-order valence-electron chi connectivity index (χ0n) is 32.6. The van der Waals surface area contributed by atoms with Crippen LogP contribution in [0.5, 0.6) is 0 Å². The standard InChI is InChI=1S/C52H30N6S4/c1-2-9-34-30-42-35(26-33(34)8-1)20-21-41-39(10-3-11-40(41)42)37-27-36(28-38(29-37)48-55-51(45-14-6-24-61-45)58-52(56-48)46-15-7-25-62-46)31-16-18-32(19-17-31)47-53-49(43-12-4-22-59-43)57-50(54-47)44-13-5-23-60-44/h1-30H. The Morgan fingerprint density at radius 2 is 0.742 bits per heavy atom. The fraction of sp³-hybridized carbons (Fsp3) is 0. The SMILES string of the molecule is c1csc(-c2nc(-c3ccc(-c4cc(-c5nc(-c6cccs6)nc(-c6cccs6)n5)cc(-c5cccc6c5ccc5cc7ccccc7cc56)c4)cc3)nc(-c3cccs3)n2)c1. The highest BCUT2D eigenvalue weighted by atomic mass is 32.1. The minimum absolute atomic E-state index is 0.621. The number of aromatic nitrogens is 6. The highest BCUT2D eigenvalue weighted by Gasteiger charge is 2.18. The van der Waals surface area contributed by atoms with Gasteiger partial charge in [0.2, 0.25) is 0 Å². The second kappa shape index (κ2) is 15.4. The number of benzene rings is 6. The monoisotopic (exact) mass is 866 g/mol. The number of hydrogen-bond donors (Lipinski definition) is 0. The molecule has 62 heavy (non-hydrogen) atoms. The lowest BCUT2D eigenvalue weighted by atomic mass is 9.90. The summed E-state index contributed by atoms with van der Waals surface area (Å²) in [5.74, 6) is 3.93. The van der Waals surface area contributed by atoms with Crippen molar-refractivity contribution in [2.45, 2.75) is 0 Å². The topological polar surface area (TPSA) is 77.3 Å². The molecule has 12 aromatic rings. The molecule has 292 valence electrons. The number of nitrogens with zero attached hydrogens (tertiary/aromatic N) is 6. The molecule has 0 saturated heterocycles. The maximum Gasteiger partial charge on any atom is 0.174 e. The summed E-state index contributed by atoms with van der Waals surface area (Å²) in [6, 6.07) is 55.9. The minimum atomic E-state index is 0.621. The molecular formula is C52H30N6S4. The molecule has 6 aromatic heterocycles. The summed E-state index contributed by atoms with van der Waals surface area (Å²) in [5, 5.41) is 15.5. The van der Waals surface area contributed by atoms with Crippen molar-refractivity contribution in [3.05, 3.63) is 179 Å². The quantitative estimate of drug-likeness (QED) is 0.112. The smallest absolute Gasteiger partial charge is 0.174 e. The first-order valence-corrected chi connectivity index (χ1v) is 23.5. The van der Waals surface area contributed by atoms with E-state index in [2.05, 4.69) is 144 Å². The van der Waals surface area contributed by atoms with Crippen molar-refractivity contribution in [1.29, 1.82) is 0 Å². The molecule has 6 heterocycles. The first kappa shape index (κ1) is 36.7. The summed E-state index contributed by atoms with van der Waals surface area (Å²) in [5.41, 5.74) is 6.11. The van der Waals surface area contributed by atoms with Gasteiger partial charge in [0.05, 0.1) is 19.5 Å². The van der Waals surface area contributed by atoms with E-state index in [0.29, 0.717) is 34.9 Å². The van der Waals surface area contributed by atoms with Crippen LogP contribution in [0.15, 0.2) is 179 Å². The first-order valence-electron chi connectivity index (χ1n) is 20.0. The lowest BCUT2D eigenvalue weighted by Crippen LogP contribution is -1.99. The maximum atomic E-state index is 5.14. The van der Waals surface area contributed by atoms with Gasteiger partial charge in [-0.25, -0.2) is 29.9 Å². The lowest BCUT2D eigenvalue weighted by Gasteiger charge is -2.14. The van der Waals surface area contributed by atoms with E-state index in [1.165, 1.54) is 32.3 Å². The Labute approximate surface area is 372 Å². The van der Waals surface area contributed by atoms with Crippen LogP contribution in [-0.2, 0) is 0 Å². The van der Waals surface area contributed by atoms with Crippen LogP contribution in [0.25, 0.3) is 120 Å². The molecule has 12 rings (SSSR count). The Balaban J connectivity index is 1.03. The van der Waals surface area contributed by atoms with Crippen molar-refractivity contribution < 1.29 is 0 Å². The van der Waals surface area contributed by atoms with Gasteiger partial charge in [0, 0.05) is 11.1 Å². The number of hydrogen-bond acceptors (Lipinski definition) is 10. The van der Waals surface area contributed by atoms with E-state index in [-0.39, 0.29) is 0 Å². The Bertz CT molecular complexity index is 3460. The minimum Gasteiger partial charge on any atom is -0.207 e. The van der Waals surface area contributed by atoms with Crippen LogP contribution in [-0.4, -0.2) is 29.9 Å². The molecule has 0 fully saturated rings. The Morgan fingerprint density at radius 3 is 1.29 bits per heavy atom. The van der Waals surface area contributed by atoms with Gasteiger partial charge < -0.3 is 0 Å². The van der Waals surface area contributed by atoms with Gasteiger partial charge in [-0.15, -0.1) is 45.3 Å². The van der Waals surface area contributed by atoms with E-state index in [1.54, 1.807) is 45.3 Å². The van der Waals surface area contributed by atoms with Crippen LogP contribution >= 0.6 is 45.3 Å². The van der Waals surface area contributed by atoms with Crippen molar-refractivity contribution in [1.82, 2.24) is 29.9 Å². The largest absolute Gasteiger partial charge is 0.207 e. The van der Waals surface area contributed by atoms with Crippen LogP contribution < -0.4 is 0 Å². The molecule has 6 aromatic carbocycles. The second-order valence-electron chi connectivity index (χ2n) is 14.8. The van der Waals surface area contributed by atoms with Gasteiger partial charge in [0.1, 0.15) is 0 Å². The highest BCUT2D eigenvalue weighted by Crippen LogP contribution is 2.40. The highest BCUT2D eigenvalue weighted by molar-refractivity contribution is 7.14. The van der Waals surface area contributed by atoms with Crippen molar-refractivity contribution in [3.8, 4) is 87.8 Å². The second-order valence-corrected chi connectivity index (χ2v) is 18.6. The molecule has 0 aliphatic rings. The van der Waals surface area contributed by atoms with Crippen molar-refractivity contribution >= 4 is 77.7 Å². The lowest BCUT2D eigenvalue weighted by molar-refractivity contribution is 1.08. The number of rotatable bonds is 8. The van der Waals surface area contributed by atoms with Crippen molar-refractivity contribution in [2.75, 3.05) is 0 Å². The van der Waals surface area contributed by atoms with E-state index < -0.39 is 0 Å². The molecule has 0 spiro atoms. The molecule has 6 nitrogen and oxygen atoms in total. The zero-order chi connectivity index (χ0) is 41.0. The molecule has 0 radical (unpaired) electrons. The number of thiophene rings is 4. The van der Waals surface area contributed by atoms with E-state index >= 15 is 0 Å². The molecule has 0 aliphatic carbocycles. The van der Waals surface area contributed by atoms with Gasteiger partial charge in [-0.05, 0) is 131 Å². The van der Waals surface area contributed by atoms with Gasteiger partial charge in [0.15, 0.2) is 34.9 Å². The molecule has 0 amide bonds. The van der Waals surface area contributed by atoms with Gasteiger partial charge in [-0.1, -0.05) is 103 Å². The molecule has 0 atom stereocenters. The predicted molar refractivity (Wildman–Crippen MR) is 261 cm³/mol. The third-order valence-electron chi connectivity index (χ3n) is 11.0. The molecule has 0 bridgehead atoms. The van der Waals surface area contributed by atoms with Gasteiger partial charge in [0.25, 0.3) is 0 Å². The van der Waals surface area contributed by atoms with E-state index in [0.717, 1.165) is 52.9 Å². The van der Waals surface area contributed by atoms with Crippen LogP contribution in [0.2, 0.25) is 0 Å². The van der Waals surface area contributed by atoms with E-state index in [4.69, 9.17) is 29.9 Å². The summed E-state index contributed by atoms with van der Waals surface area (Å²) in [4.78, 5) is 34.0. The molecular weight excluding hydrogens is 837 g/mol. The predicted octanol–water partition coefficient (Wildman–Crippen LogP) is 15.1. The zero-order valence-corrected chi connectivity index (χ0v) is 35.9. The van der Waals surface area contributed by atoms with Gasteiger partial charge >= 0.3 is 0 Å². The summed E-state index contributed by atoms with van der Waals surface area (Å²) < 4.78 is 0. The maximum absolute atomic E-state index is 5.14. The van der Waals surface area contributed by atoms with Crippen LogP contribution in [0.4, 0.5) is 0 Å². The Morgan fingerprint density at radius 1 is 0.258 bits per heavy atom. The molecule has 10 heteroatoms. The van der Waals surface area contributed by atoms with E-state index in [9.17, 15) is 0 Å². The fourth-order valence-corrected chi connectivity index (χ4v) is 10.6. The molecule has 0 unspecified atom stereocenters. The Kier molecular flexibility index (Phi) is 9.15. The summed E-state index contributed by atoms with van der Waals surface area (Å²) >= 11 is 6.50.